The minimum atomic E-state index is 0.887. The van der Waals surface area contributed by atoms with Gasteiger partial charge in [0.2, 0.25) is 0 Å². The van der Waals surface area contributed by atoms with Crippen molar-refractivity contribution in [1.82, 2.24) is 4.91 Å². The van der Waals surface area contributed by atoms with Crippen LogP contribution >= 0.6 is 0 Å². The molecule has 20 heavy (non-hydrogen) atoms. The van der Waals surface area contributed by atoms with Crippen molar-refractivity contribution < 1.29 is 9.36 Å². The molecule has 1 heterocycles. The van der Waals surface area contributed by atoms with Crippen LogP contribution in [-0.4, -0.2) is 19.0 Å². The Morgan fingerprint density at radius 2 is 1.30 bits per heavy atom. The molecule has 0 bridgehead atoms. The van der Waals surface area contributed by atoms with E-state index in [9.17, 15) is 0 Å². The first-order chi connectivity index (χ1) is 9.72. The summed E-state index contributed by atoms with van der Waals surface area (Å²) in [6.45, 7) is 0. The number of nitrogens with zero attached hydrogens (tertiary/aromatic N) is 2. The van der Waals surface area contributed by atoms with Crippen molar-refractivity contribution in [2.45, 2.75) is 0 Å². The zero-order valence-electron chi connectivity index (χ0n) is 11.5. The minimum Gasteiger partial charge on any atom is -0.378 e. The molecule has 0 aliphatic rings. The molecule has 0 N–H and O–H groups in total. The average Bonchev–Trinajstić information content (AvgIpc) is 3.31. The van der Waals surface area contributed by atoms with E-state index < -0.39 is 0 Å². The van der Waals surface area contributed by atoms with Crippen LogP contribution in [0.5, 0.6) is 0 Å². The Morgan fingerprint density at radius 1 is 0.800 bits per heavy atom. The summed E-state index contributed by atoms with van der Waals surface area (Å²) in [7, 11) is 4.07. The summed E-state index contributed by atoms with van der Waals surface area (Å²) in [6, 6.07) is 16.4. The second-order valence-electron chi connectivity index (χ2n) is 4.82. The molecule has 3 aromatic rings. The van der Waals surface area contributed by atoms with E-state index >= 15 is 0 Å². The number of anilines is 1. The van der Waals surface area contributed by atoms with Gasteiger partial charge < -0.3 is 4.90 Å². The van der Waals surface area contributed by atoms with Crippen LogP contribution in [0.1, 0.15) is 11.1 Å². The molecule has 0 unspecified atom stereocenters. The lowest BCUT2D eigenvalue weighted by molar-refractivity contribution is 0.264. The zero-order chi connectivity index (χ0) is 13.9. The highest BCUT2D eigenvalue weighted by molar-refractivity contribution is 5.70. The molecule has 0 fully saturated rings. The summed E-state index contributed by atoms with van der Waals surface area (Å²) in [6.07, 6.45) is 4.18. The molecule has 0 aliphatic carbocycles. The summed E-state index contributed by atoms with van der Waals surface area (Å²) < 4.78 is 9.21. The third-order valence-electron chi connectivity index (χ3n) is 3.13. The smallest absolute Gasteiger partial charge is 0.127 e. The maximum atomic E-state index is 4.61. The molecule has 1 aromatic heterocycles. The maximum absolute atomic E-state index is 4.61. The Kier molecular flexibility index (Phi) is 3.21. The minimum absolute atomic E-state index is 0.887. The second-order valence-corrected chi connectivity index (χ2v) is 4.82. The lowest BCUT2D eigenvalue weighted by Gasteiger charge is -2.11. The summed E-state index contributed by atoms with van der Waals surface area (Å²) in [5.41, 5.74) is 4.40. The Bertz CT molecular complexity index is 673. The van der Waals surface area contributed by atoms with Gasteiger partial charge in [-0.25, -0.2) is 0 Å². The summed E-state index contributed by atoms with van der Waals surface area (Å²) >= 11 is 0. The Balaban J connectivity index is 1.71. The molecular weight excluding hydrogens is 252 g/mol. The number of hydrogen-bond donors (Lipinski definition) is 0. The highest BCUT2D eigenvalue weighted by atomic mass is 17.3. The second kappa shape index (κ2) is 5.17. The molecule has 4 heteroatoms. The highest BCUT2D eigenvalue weighted by Gasteiger charge is 2.04. The predicted octanol–water partition coefficient (Wildman–Crippen LogP) is 3.90. The van der Waals surface area contributed by atoms with Gasteiger partial charge in [0, 0.05) is 19.8 Å². The highest BCUT2D eigenvalue weighted by Crippen LogP contribution is 2.16. The fraction of sp³-hybridized carbons (Fsp3) is 0.125. The maximum Gasteiger partial charge on any atom is 0.127 e. The van der Waals surface area contributed by atoms with Gasteiger partial charge in [0.25, 0.3) is 0 Å². The molecule has 4 nitrogen and oxygen atoms in total. The van der Waals surface area contributed by atoms with E-state index in [1.165, 1.54) is 16.2 Å². The third-order valence-corrected chi connectivity index (χ3v) is 3.13. The first-order valence-corrected chi connectivity index (χ1v) is 6.43. The number of rotatable bonds is 4. The van der Waals surface area contributed by atoms with Crippen molar-refractivity contribution in [2.24, 2.45) is 0 Å². The zero-order valence-corrected chi connectivity index (χ0v) is 11.5. The molecule has 2 aromatic carbocycles. The standard InChI is InChI=1S/C16H16N2O2/c1-17(2)15-9-5-13(6-10-15)3-4-14-7-11-16(12-8-14)18-19-20-18/h3-12H,1-2H3/b4-3+. The van der Waals surface area contributed by atoms with E-state index in [0.717, 1.165) is 11.3 Å². The van der Waals surface area contributed by atoms with E-state index in [0.29, 0.717) is 0 Å². The van der Waals surface area contributed by atoms with E-state index in [4.69, 9.17) is 0 Å². The van der Waals surface area contributed by atoms with Gasteiger partial charge in [-0.2, -0.15) is 0 Å². The van der Waals surface area contributed by atoms with Crippen molar-refractivity contribution in [2.75, 3.05) is 19.0 Å². The van der Waals surface area contributed by atoms with Crippen LogP contribution in [0, 0.1) is 0 Å². The van der Waals surface area contributed by atoms with E-state index in [-0.39, 0.29) is 0 Å². The average molecular weight is 268 g/mol. The Labute approximate surface area is 117 Å². The molecule has 0 atom stereocenters. The van der Waals surface area contributed by atoms with E-state index in [2.05, 4.69) is 50.7 Å². The molecule has 0 amide bonds. The fourth-order valence-electron chi connectivity index (χ4n) is 1.89. The molecule has 0 aliphatic heterocycles. The Hall–Kier alpha value is -2.62. The molecule has 102 valence electrons. The van der Waals surface area contributed by atoms with Gasteiger partial charge in [0.15, 0.2) is 0 Å². The van der Waals surface area contributed by atoms with Crippen LogP contribution in [0.4, 0.5) is 5.69 Å². The lowest BCUT2D eigenvalue weighted by atomic mass is 10.1. The van der Waals surface area contributed by atoms with Crippen molar-refractivity contribution in [3.63, 3.8) is 0 Å². The van der Waals surface area contributed by atoms with Gasteiger partial charge in [-0.3, -0.25) is 0 Å². The van der Waals surface area contributed by atoms with Crippen molar-refractivity contribution in [3.05, 3.63) is 59.7 Å². The first kappa shape index (κ1) is 12.4. The molecular formula is C16H16N2O2. The van der Waals surface area contributed by atoms with Gasteiger partial charge in [0.05, 0.1) is 4.91 Å². The summed E-state index contributed by atoms with van der Waals surface area (Å²) in [4.78, 5) is 3.44. The van der Waals surface area contributed by atoms with E-state index in [1.54, 1.807) is 0 Å². The Morgan fingerprint density at radius 3 is 1.75 bits per heavy atom. The van der Waals surface area contributed by atoms with Gasteiger partial charge in [0.1, 0.15) is 5.69 Å². The summed E-state index contributed by atoms with van der Waals surface area (Å²) in [5.74, 6) is 0. The molecule has 0 radical (unpaired) electrons. The van der Waals surface area contributed by atoms with E-state index in [1.807, 2.05) is 38.4 Å². The molecule has 0 saturated carbocycles. The number of benzene rings is 2. The van der Waals surface area contributed by atoms with Crippen LogP contribution in [0.3, 0.4) is 0 Å². The molecule has 0 saturated heterocycles. The normalized spacial score (nSPS) is 11.3. The van der Waals surface area contributed by atoms with Gasteiger partial charge >= 0.3 is 0 Å². The number of hydrogen-bond acceptors (Lipinski definition) is 3. The summed E-state index contributed by atoms with van der Waals surface area (Å²) in [5, 5.41) is 0. The van der Waals surface area contributed by atoms with Crippen LogP contribution in [-0.2, 0) is 0 Å². The van der Waals surface area contributed by atoms with Crippen molar-refractivity contribution in [1.29, 1.82) is 0 Å². The first-order valence-electron chi connectivity index (χ1n) is 6.43. The SMILES string of the molecule is CN(C)c1ccc(/C=C/c2ccc(-n3oo3)cc2)cc1. The lowest BCUT2D eigenvalue weighted by Crippen LogP contribution is -2.07. The fourth-order valence-corrected chi connectivity index (χ4v) is 1.89. The van der Waals surface area contributed by atoms with Gasteiger partial charge in [-0.15, -0.1) is 9.36 Å². The van der Waals surface area contributed by atoms with Crippen LogP contribution in [0.2, 0.25) is 0 Å². The number of aromatic nitrogens is 1. The van der Waals surface area contributed by atoms with Crippen LogP contribution < -0.4 is 4.90 Å². The van der Waals surface area contributed by atoms with Crippen molar-refractivity contribution >= 4 is 17.8 Å². The topological polar surface area (TPSA) is 34.5 Å². The largest absolute Gasteiger partial charge is 0.378 e. The third kappa shape index (κ3) is 2.85. The predicted molar refractivity (Wildman–Crippen MR) is 80.0 cm³/mol. The molecule has 0 spiro atoms. The van der Waals surface area contributed by atoms with Crippen LogP contribution in [0.15, 0.2) is 57.9 Å². The molecule has 3 rings (SSSR count). The van der Waals surface area contributed by atoms with Crippen molar-refractivity contribution in [3.8, 4) is 5.69 Å². The quantitative estimate of drug-likeness (QED) is 0.531. The monoisotopic (exact) mass is 268 g/mol. The van der Waals surface area contributed by atoms with Gasteiger partial charge in [-0.1, -0.05) is 36.4 Å². The van der Waals surface area contributed by atoms with Crippen LogP contribution in [0.25, 0.3) is 17.8 Å². The van der Waals surface area contributed by atoms with Gasteiger partial charge in [-0.05, 0) is 35.4 Å².